The van der Waals surface area contributed by atoms with Gasteiger partial charge in [0.25, 0.3) is 0 Å². The largest absolute Gasteiger partial charge is 0.237 e. The number of nitrogens with zero attached hydrogens (tertiary/aromatic N) is 3. The van der Waals surface area contributed by atoms with E-state index in [1.165, 1.54) is 17.7 Å². The van der Waals surface area contributed by atoms with E-state index >= 15 is 0 Å². The Morgan fingerprint density at radius 1 is 1.40 bits per heavy atom. The molecule has 0 aliphatic heterocycles. The summed E-state index contributed by atoms with van der Waals surface area (Å²) < 4.78 is 1.98. The molecular weight excluding hydrogens is 186 g/mol. The first-order valence-corrected chi connectivity index (χ1v) is 5.34. The van der Waals surface area contributed by atoms with Crippen LogP contribution >= 0.6 is 0 Å². The van der Waals surface area contributed by atoms with Gasteiger partial charge in [0.2, 0.25) is 0 Å². The van der Waals surface area contributed by atoms with Crippen LogP contribution in [0.5, 0.6) is 0 Å². The van der Waals surface area contributed by atoms with Crippen molar-refractivity contribution in [2.45, 2.75) is 25.7 Å². The normalized spacial score (nSPS) is 19.1. The zero-order valence-electron chi connectivity index (χ0n) is 8.72. The first-order chi connectivity index (χ1) is 7.36. The van der Waals surface area contributed by atoms with Crippen molar-refractivity contribution in [1.82, 2.24) is 14.8 Å². The maximum Gasteiger partial charge on any atom is 0.153 e. The van der Waals surface area contributed by atoms with Crippen LogP contribution in [-0.2, 0) is 6.42 Å². The Balaban J connectivity index is 2.15. The Labute approximate surface area is 88.8 Å². The van der Waals surface area contributed by atoms with E-state index in [4.69, 9.17) is 0 Å². The fourth-order valence-corrected chi connectivity index (χ4v) is 2.28. The SMILES string of the molecule is CC1CCc2cnn(-c3ccccn3)c21. The summed E-state index contributed by atoms with van der Waals surface area (Å²) in [6.07, 6.45) is 6.18. The topological polar surface area (TPSA) is 30.7 Å². The predicted molar refractivity (Wildman–Crippen MR) is 58.1 cm³/mol. The van der Waals surface area contributed by atoms with E-state index in [0.29, 0.717) is 5.92 Å². The molecule has 2 aromatic heterocycles. The average molecular weight is 199 g/mol. The molecule has 0 spiro atoms. The summed E-state index contributed by atoms with van der Waals surface area (Å²) in [5.74, 6) is 1.53. The second-order valence-corrected chi connectivity index (χ2v) is 4.09. The van der Waals surface area contributed by atoms with Crippen LogP contribution in [0.3, 0.4) is 0 Å². The van der Waals surface area contributed by atoms with Crippen LogP contribution < -0.4 is 0 Å². The van der Waals surface area contributed by atoms with Gasteiger partial charge in [0.1, 0.15) is 0 Å². The minimum Gasteiger partial charge on any atom is -0.237 e. The Morgan fingerprint density at radius 3 is 3.13 bits per heavy atom. The van der Waals surface area contributed by atoms with Gasteiger partial charge in [-0.25, -0.2) is 9.67 Å². The van der Waals surface area contributed by atoms with Crippen LogP contribution in [0.25, 0.3) is 5.82 Å². The third-order valence-electron chi connectivity index (χ3n) is 3.07. The van der Waals surface area contributed by atoms with Gasteiger partial charge in [-0.1, -0.05) is 13.0 Å². The van der Waals surface area contributed by atoms with Gasteiger partial charge in [-0.2, -0.15) is 5.10 Å². The lowest BCUT2D eigenvalue weighted by atomic mass is 10.1. The average Bonchev–Trinajstić information content (AvgIpc) is 2.84. The number of fused-ring (bicyclic) bond motifs is 1. The number of rotatable bonds is 1. The number of hydrogen-bond acceptors (Lipinski definition) is 2. The fraction of sp³-hybridized carbons (Fsp3) is 0.333. The highest BCUT2D eigenvalue weighted by atomic mass is 15.3. The zero-order chi connectivity index (χ0) is 10.3. The van der Waals surface area contributed by atoms with Crippen molar-refractivity contribution in [3.63, 3.8) is 0 Å². The van der Waals surface area contributed by atoms with Gasteiger partial charge in [-0.15, -0.1) is 0 Å². The maximum absolute atomic E-state index is 4.41. The number of pyridine rings is 1. The molecular formula is C12H13N3. The molecule has 0 saturated heterocycles. The minimum atomic E-state index is 0.601. The van der Waals surface area contributed by atoms with Crippen molar-refractivity contribution in [3.05, 3.63) is 41.9 Å². The maximum atomic E-state index is 4.41. The Hall–Kier alpha value is -1.64. The van der Waals surface area contributed by atoms with E-state index in [1.54, 1.807) is 0 Å². The van der Waals surface area contributed by atoms with Crippen molar-refractivity contribution >= 4 is 0 Å². The summed E-state index contributed by atoms with van der Waals surface area (Å²) in [7, 11) is 0. The zero-order valence-corrected chi connectivity index (χ0v) is 8.72. The molecule has 1 aliphatic carbocycles. The lowest BCUT2D eigenvalue weighted by molar-refractivity contribution is 0.672. The van der Waals surface area contributed by atoms with E-state index in [0.717, 1.165) is 12.2 Å². The summed E-state index contributed by atoms with van der Waals surface area (Å²) in [6, 6.07) is 5.92. The molecule has 15 heavy (non-hydrogen) atoms. The molecule has 0 fully saturated rings. The molecule has 3 nitrogen and oxygen atoms in total. The molecule has 2 heterocycles. The monoisotopic (exact) mass is 199 g/mol. The molecule has 3 rings (SSSR count). The fourth-order valence-electron chi connectivity index (χ4n) is 2.28. The van der Waals surface area contributed by atoms with E-state index in [1.807, 2.05) is 35.3 Å². The lowest BCUT2D eigenvalue weighted by Crippen LogP contribution is -2.04. The quantitative estimate of drug-likeness (QED) is 0.705. The molecule has 0 N–H and O–H groups in total. The van der Waals surface area contributed by atoms with E-state index in [-0.39, 0.29) is 0 Å². The van der Waals surface area contributed by atoms with Crippen LogP contribution in [-0.4, -0.2) is 14.8 Å². The van der Waals surface area contributed by atoms with Gasteiger partial charge >= 0.3 is 0 Å². The van der Waals surface area contributed by atoms with Gasteiger partial charge in [0.05, 0.1) is 11.9 Å². The van der Waals surface area contributed by atoms with Crippen molar-refractivity contribution in [3.8, 4) is 5.82 Å². The Kier molecular flexibility index (Phi) is 1.84. The van der Waals surface area contributed by atoms with E-state index in [2.05, 4.69) is 17.0 Å². The summed E-state index contributed by atoms with van der Waals surface area (Å²) in [4.78, 5) is 4.33. The molecule has 1 unspecified atom stereocenters. The lowest BCUT2D eigenvalue weighted by Gasteiger charge is -2.08. The Bertz CT molecular complexity index is 473. The van der Waals surface area contributed by atoms with Gasteiger partial charge in [-0.3, -0.25) is 0 Å². The molecule has 3 heteroatoms. The van der Waals surface area contributed by atoms with Crippen molar-refractivity contribution < 1.29 is 0 Å². The molecule has 1 atom stereocenters. The number of aromatic nitrogens is 3. The molecule has 76 valence electrons. The summed E-state index contributed by atoms with van der Waals surface area (Å²) in [6.45, 7) is 2.26. The summed E-state index contributed by atoms with van der Waals surface area (Å²) >= 11 is 0. The highest BCUT2D eigenvalue weighted by Gasteiger charge is 2.24. The molecule has 0 bridgehead atoms. The van der Waals surface area contributed by atoms with Gasteiger partial charge in [-0.05, 0) is 36.5 Å². The molecule has 2 aromatic rings. The van der Waals surface area contributed by atoms with Crippen LogP contribution in [0.4, 0.5) is 0 Å². The van der Waals surface area contributed by atoms with Gasteiger partial charge < -0.3 is 0 Å². The molecule has 0 radical (unpaired) electrons. The predicted octanol–water partition coefficient (Wildman–Crippen LogP) is 2.32. The van der Waals surface area contributed by atoms with Crippen molar-refractivity contribution in [2.24, 2.45) is 0 Å². The number of hydrogen-bond donors (Lipinski definition) is 0. The molecule has 1 aliphatic rings. The van der Waals surface area contributed by atoms with Crippen molar-refractivity contribution in [1.29, 1.82) is 0 Å². The van der Waals surface area contributed by atoms with E-state index < -0.39 is 0 Å². The third-order valence-corrected chi connectivity index (χ3v) is 3.07. The van der Waals surface area contributed by atoms with Gasteiger partial charge in [0.15, 0.2) is 5.82 Å². The highest BCUT2D eigenvalue weighted by molar-refractivity contribution is 5.34. The third kappa shape index (κ3) is 1.27. The van der Waals surface area contributed by atoms with Crippen LogP contribution in [0, 0.1) is 0 Å². The summed E-state index contributed by atoms with van der Waals surface area (Å²) in [5.41, 5.74) is 2.72. The molecule has 0 amide bonds. The van der Waals surface area contributed by atoms with Crippen molar-refractivity contribution in [2.75, 3.05) is 0 Å². The highest BCUT2D eigenvalue weighted by Crippen LogP contribution is 2.33. The molecule has 0 aromatic carbocycles. The second kappa shape index (κ2) is 3.19. The van der Waals surface area contributed by atoms with Crippen LogP contribution in [0.15, 0.2) is 30.6 Å². The van der Waals surface area contributed by atoms with Crippen LogP contribution in [0.1, 0.15) is 30.5 Å². The number of aryl methyl sites for hydroxylation is 1. The first-order valence-electron chi connectivity index (χ1n) is 5.34. The van der Waals surface area contributed by atoms with E-state index in [9.17, 15) is 0 Å². The van der Waals surface area contributed by atoms with Crippen LogP contribution in [0.2, 0.25) is 0 Å². The standard InChI is InChI=1S/C12H13N3/c1-9-5-6-10-8-14-15(12(9)10)11-4-2-3-7-13-11/h2-4,7-9H,5-6H2,1H3. The minimum absolute atomic E-state index is 0.601. The summed E-state index contributed by atoms with van der Waals surface area (Å²) in [5, 5.41) is 4.41. The molecule has 0 saturated carbocycles. The second-order valence-electron chi connectivity index (χ2n) is 4.09. The van der Waals surface area contributed by atoms with Gasteiger partial charge in [0, 0.05) is 6.20 Å². The Morgan fingerprint density at radius 2 is 2.33 bits per heavy atom. The smallest absolute Gasteiger partial charge is 0.153 e. The first kappa shape index (κ1) is 8.65.